The van der Waals surface area contributed by atoms with Crippen molar-refractivity contribution in [3.8, 4) is 11.8 Å². The summed E-state index contributed by atoms with van der Waals surface area (Å²) >= 11 is 0. The Balaban J connectivity index is 2.49. The van der Waals surface area contributed by atoms with Crippen LogP contribution < -0.4 is 0 Å². The lowest BCUT2D eigenvalue weighted by Gasteiger charge is -2.39. The summed E-state index contributed by atoms with van der Waals surface area (Å²) in [6, 6.07) is 0.231. The van der Waals surface area contributed by atoms with Crippen LogP contribution in [0.5, 0.6) is 0 Å². The number of likely N-dealkylation sites (N-methyl/N-ethyl adjacent to an activating group) is 2. The Hall–Kier alpha value is -0.560. The monoisotopic (exact) mass is 196 g/mol. The minimum Gasteiger partial charge on any atom is -0.390 e. The van der Waals surface area contributed by atoms with Crippen molar-refractivity contribution in [1.82, 2.24) is 9.80 Å². The van der Waals surface area contributed by atoms with Crippen molar-refractivity contribution >= 4 is 0 Å². The first-order valence-electron chi connectivity index (χ1n) is 5.11. The molecule has 0 saturated carbocycles. The van der Waals surface area contributed by atoms with Crippen LogP contribution in [-0.2, 0) is 0 Å². The van der Waals surface area contributed by atoms with E-state index in [1.54, 1.807) is 0 Å². The van der Waals surface area contributed by atoms with Crippen LogP contribution in [0, 0.1) is 11.8 Å². The van der Waals surface area contributed by atoms with Crippen LogP contribution in [-0.4, -0.2) is 60.8 Å². The van der Waals surface area contributed by atoms with E-state index in [4.69, 9.17) is 0 Å². The normalized spacial score (nSPS) is 26.7. The van der Waals surface area contributed by atoms with Gasteiger partial charge >= 0.3 is 0 Å². The first-order chi connectivity index (χ1) is 6.65. The third kappa shape index (κ3) is 2.98. The molecular weight excluding hydrogens is 176 g/mol. The van der Waals surface area contributed by atoms with Crippen LogP contribution >= 0.6 is 0 Å². The molecule has 0 bridgehead atoms. The van der Waals surface area contributed by atoms with Gasteiger partial charge in [-0.05, 0) is 21.0 Å². The lowest BCUT2D eigenvalue weighted by Crippen LogP contribution is -2.54. The number of nitrogens with zero attached hydrogens (tertiary/aromatic N) is 2. The molecule has 2 atom stereocenters. The molecule has 0 aromatic rings. The molecule has 80 valence electrons. The molecule has 1 aliphatic heterocycles. The quantitative estimate of drug-likeness (QED) is 0.630. The van der Waals surface area contributed by atoms with Crippen LogP contribution in [0.2, 0.25) is 0 Å². The summed E-state index contributed by atoms with van der Waals surface area (Å²) in [5, 5.41) is 9.92. The molecule has 1 aliphatic rings. The second-order valence-electron chi connectivity index (χ2n) is 4.01. The number of piperazine rings is 1. The zero-order valence-electron chi connectivity index (χ0n) is 9.32. The lowest BCUT2D eigenvalue weighted by atomic mass is 10.0. The van der Waals surface area contributed by atoms with Crippen molar-refractivity contribution in [3.05, 3.63) is 0 Å². The summed E-state index contributed by atoms with van der Waals surface area (Å²) in [6.07, 6.45) is 0.259. The molecule has 0 aliphatic carbocycles. The van der Waals surface area contributed by atoms with Gasteiger partial charge in [0.1, 0.15) is 0 Å². The third-order valence-electron chi connectivity index (χ3n) is 2.83. The highest BCUT2D eigenvalue weighted by molar-refractivity contribution is 4.99. The van der Waals surface area contributed by atoms with Gasteiger partial charge in [0.05, 0.1) is 6.10 Å². The van der Waals surface area contributed by atoms with Crippen molar-refractivity contribution in [3.63, 3.8) is 0 Å². The van der Waals surface area contributed by atoms with Crippen molar-refractivity contribution < 1.29 is 5.11 Å². The van der Waals surface area contributed by atoms with E-state index < -0.39 is 0 Å². The van der Waals surface area contributed by atoms with Gasteiger partial charge < -0.3 is 10.0 Å². The largest absolute Gasteiger partial charge is 0.390 e. The fraction of sp³-hybridized carbons (Fsp3) is 0.818. The second-order valence-corrected chi connectivity index (χ2v) is 4.01. The highest BCUT2D eigenvalue weighted by Crippen LogP contribution is 2.11. The molecule has 3 heteroatoms. The standard InChI is InChI=1S/C11H20N2O/c1-4-5-6-11(14)10-9-12(2)7-8-13(10)3/h10-11,14H,6-9H2,1-3H3. The maximum absolute atomic E-state index is 9.92. The van der Waals surface area contributed by atoms with E-state index in [9.17, 15) is 5.11 Å². The maximum Gasteiger partial charge on any atom is 0.0816 e. The number of aliphatic hydroxyl groups is 1. The van der Waals surface area contributed by atoms with Crippen molar-refractivity contribution in [2.75, 3.05) is 33.7 Å². The molecule has 1 fully saturated rings. The van der Waals surface area contributed by atoms with Gasteiger partial charge in [0, 0.05) is 32.1 Å². The molecule has 1 rings (SSSR count). The van der Waals surface area contributed by atoms with E-state index in [2.05, 4.69) is 35.7 Å². The first kappa shape index (κ1) is 11.5. The van der Waals surface area contributed by atoms with E-state index in [0.717, 1.165) is 19.6 Å². The number of hydrogen-bond acceptors (Lipinski definition) is 3. The Morgan fingerprint density at radius 3 is 2.79 bits per heavy atom. The topological polar surface area (TPSA) is 26.7 Å². The van der Waals surface area contributed by atoms with Crippen LogP contribution in [0.3, 0.4) is 0 Å². The minimum atomic E-state index is -0.324. The summed E-state index contributed by atoms with van der Waals surface area (Å²) in [5.74, 6) is 5.76. The fourth-order valence-electron chi connectivity index (χ4n) is 1.80. The molecule has 14 heavy (non-hydrogen) atoms. The summed E-state index contributed by atoms with van der Waals surface area (Å²) < 4.78 is 0. The highest BCUT2D eigenvalue weighted by Gasteiger charge is 2.27. The zero-order chi connectivity index (χ0) is 10.6. The Labute approximate surface area is 86.7 Å². The average Bonchev–Trinajstić information content (AvgIpc) is 2.18. The van der Waals surface area contributed by atoms with Gasteiger partial charge in [0.15, 0.2) is 0 Å². The Kier molecular flexibility index (Phi) is 4.40. The van der Waals surface area contributed by atoms with E-state index in [1.165, 1.54) is 0 Å². The van der Waals surface area contributed by atoms with Gasteiger partial charge in [-0.3, -0.25) is 4.90 Å². The van der Waals surface area contributed by atoms with Crippen molar-refractivity contribution in [1.29, 1.82) is 0 Å². The number of rotatable bonds is 2. The molecule has 0 aromatic heterocycles. The zero-order valence-corrected chi connectivity index (χ0v) is 9.32. The van der Waals surface area contributed by atoms with E-state index in [0.29, 0.717) is 6.42 Å². The van der Waals surface area contributed by atoms with Gasteiger partial charge in [-0.25, -0.2) is 0 Å². The van der Waals surface area contributed by atoms with Crippen LogP contribution in [0.1, 0.15) is 13.3 Å². The Morgan fingerprint density at radius 2 is 2.14 bits per heavy atom. The maximum atomic E-state index is 9.92. The number of aliphatic hydroxyl groups excluding tert-OH is 1. The smallest absolute Gasteiger partial charge is 0.0816 e. The summed E-state index contributed by atoms with van der Waals surface area (Å²) in [5.41, 5.74) is 0. The minimum absolute atomic E-state index is 0.231. The van der Waals surface area contributed by atoms with Crippen molar-refractivity contribution in [2.45, 2.75) is 25.5 Å². The Bertz CT molecular complexity index is 231. The lowest BCUT2D eigenvalue weighted by molar-refractivity contribution is 0.0176. The van der Waals surface area contributed by atoms with E-state index in [-0.39, 0.29) is 12.1 Å². The average molecular weight is 196 g/mol. The van der Waals surface area contributed by atoms with Gasteiger partial charge in [0.2, 0.25) is 0 Å². The van der Waals surface area contributed by atoms with Crippen LogP contribution in [0.15, 0.2) is 0 Å². The molecular formula is C11H20N2O. The highest BCUT2D eigenvalue weighted by atomic mass is 16.3. The first-order valence-corrected chi connectivity index (χ1v) is 5.11. The van der Waals surface area contributed by atoms with Gasteiger partial charge in [-0.15, -0.1) is 11.8 Å². The summed E-state index contributed by atoms with van der Waals surface area (Å²) in [4.78, 5) is 4.48. The molecule has 1 saturated heterocycles. The predicted molar refractivity (Wildman–Crippen MR) is 58.0 cm³/mol. The van der Waals surface area contributed by atoms with Gasteiger partial charge in [-0.1, -0.05) is 0 Å². The SMILES string of the molecule is CC#CCC(O)C1CN(C)CCN1C. The van der Waals surface area contributed by atoms with Crippen LogP contribution in [0.4, 0.5) is 0 Å². The van der Waals surface area contributed by atoms with E-state index >= 15 is 0 Å². The summed E-state index contributed by atoms with van der Waals surface area (Å²) in [6.45, 7) is 4.85. The van der Waals surface area contributed by atoms with Crippen molar-refractivity contribution in [2.24, 2.45) is 0 Å². The molecule has 0 amide bonds. The van der Waals surface area contributed by atoms with Crippen LogP contribution in [0.25, 0.3) is 0 Å². The van der Waals surface area contributed by atoms with E-state index in [1.807, 2.05) is 6.92 Å². The molecule has 3 nitrogen and oxygen atoms in total. The fourth-order valence-corrected chi connectivity index (χ4v) is 1.80. The molecule has 0 radical (unpaired) electrons. The molecule has 0 aromatic carbocycles. The molecule has 2 unspecified atom stereocenters. The Morgan fingerprint density at radius 1 is 1.43 bits per heavy atom. The number of hydrogen-bond donors (Lipinski definition) is 1. The molecule has 1 N–H and O–H groups in total. The second kappa shape index (κ2) is 5.35. The molecule has 0 spiro atoms. The summed E-state index contributed by atoms with van der Waals surface area (Å²) in [7, 11) is 4.17. The van der Waals surface area contributed by atoms with Gasteiger partial charge in [-0.2, -0.15) is 0 Å². The predicted octanol–water partition coefficient (Wildman–Crippen LogP) is 0.00650. The molecule has 1 heterocycles. The third-order valence-corrected chi connectivity index (χ3v) is 2.83. The van der Waals surface area contributed by atoms with Gasteiger partial charge in [0.25, 0.3) is 0 Å².